The topological polar surface area (TPSA) is 0 Å². The molecule has 4 bridgehead atoms. The normalized spacial score (nSPS) is 56.1. The van der Waals surface area contributed by atoms with Gasteiger partial charge < -0.3 is 0 Å². The molecule has 4 fully saturated rings. The van der Waals surface area contributed by atoms with Crippen molar-refractivity contribution in [2.75, 3.05) is 0 Å². The molecular weight excluding hydrogens is 240 g/mol. The highest BCUT2D eigenvalue weighted by Crippen LogP contribution is 2.78. The Hall–Kier alpha value is 0. The van der Waals surface area contributed by atoms with E-state index in [0.717, 1.165) is 47.3 Å². The van der Waals surface area contributed by atoms with Crippen molar-refractivity contribution in [1.82, 2.24) is 0 Å². The summed E-state index contributed by atoms with van der Waals surface area (Å²) in [7, 11) is 0. The van der Waals surface area contributed by atoms with Gasteiger partial charge in [-0.15, -0.1) is 0 Å². The van der Waals surface area contributed by atoms with Crippen LogP contribution in [0.5, 0.6) is 0 Å². The van der Waals surface area contributed by atoms with Crippen molar-refractivity contribution in [2.24, 2.45) is 58.2 Å². The molecule has 4 saturated carbocycles. The van der Waals surface area contributed by atoms with Gasteiger partial charge in [-0.2, -0.15) is 0 Å². The molecule has 0 amide bonds. The summed E-state index contributed by atoms with van der Waals surface area (Å²) in [6, 6.07) is 0. The molecule has 0 aromatic rings. The number of hydrogen-bond acceptors (Lipinski definition) is 0. The van der Waals surface area contributed by atoms with Crippen LogP contribution in [0.4, 0.5) is 0 Å². The fraction of sp³-hybridized carbons (Fsp3) is 1.00. The van der Waals surface area contributed by atoms with Crippen LogP contribution in [0.2, 0.25) is 0 Å². The number of fused-ring (bicyclic) bond motifs is 9. The van der Waals surface area contributed by atoms with Crippen LogP contribution in [0.3, 0.4) is 0 Å². The first-order valence-electron chi connectivity index (χ1n) is 8.28. The van der Waals surface area contributed by atoms with Crippen LogP contribution in [-0.4, -0.2) is 0 Å². The zero-order valence-corrected chi connectivity index (χ0v) is 13.0. The predicted octanol–water partition coefficient (Wildman–Crippen LogP) is 6.12. The molecule has 118 valence electrons. The first kappa shape index (κ1) is 16.4. The Kier molecular flexibility index (Phi) is 3.49. The van der Waals surface area contributed by atoms with Gasteiger partial charge in [0.15, 0.2) is 0 Å². The van der Waals surface area contributed by atoms with Crippen molar-refractivity contribution < 1.29 is 0 Å². The van der Waals surface area contributed by atoms with Crippen molar-refractivity contribution in [3.05, 3.63) is 0 Å². The Morgan fingerprint density at radius 1 is 0.650 bits per heavy atom. The fourth-order valence-electron chi connectivity index (χ4n) is 7.34. The van der Waals surface area contributed by atoms with Crippen molar-refractivity contribution in [2.45, 2.75) is 69.2 Å². The third-order valence-electron chi connectivity index (χ3n) is 9.11. The highest BCUT2D eigenvalue weighted by atomic mass is 14.8. The molecule has 0 radical (unpaired) electrons. The minimum atomic E-state index is 0. The summed E-state index contributed by atoms with van der Waals surface area (Å²) in [6.45, 7) is 15.4. The molecule has 8 unspecified atom stereocenters. The van der Waals surface area contributed by atoms with Gasteiger partial charge in [-0.1, -0.05) is 56.4 Å². The zero-order chi connectivity index (χ0) is 13.0. The van der Waals surface area contributed by atoms with E-state index in [1.807, 2.05) is 0 Å². The molecule has 0 saturated heterocycles. The average Bonchev–Trinajstić information content (AvgIpc) is 2.91. The van der Waals surface area contributed by atoms with Gasteiger partial charge in [0.05, 0.1) is 0 Å². The third-order valence-corrected chi connectivity index (χ3v) is 9.11. The van der Waals surface area contributed by atoms with Gasteiger partial charge >= 0.3 is 0 Å². The Bertz CT molecular complexity index is 355. The lowest BCUT2D eigenvalue weighted by molar-refractivity contribution is -0.0704. The zero-order valence-electron chi connectivity index (χ0n) is 13.0. The van der Waals surface area contributed by atoms with Crippen LogP contribution < -0.4 is 0 Å². The second kappa shape index (κ2) is 4.26. The highest BCUT2D eigenvalue weighted by Gasteiger charge is 2.72. The molecule has 8 atom stereocenters. The Morgan fingerprint density at radius 3 is 1.35 bits per heavy atom. The lowest BCUT2D eigenvalue weighted by atomic mass is 9.50. The van der Waals surface area contributed by atoms with Crippen molar-refractivity contribution in [3.8, 4) is 0 Å². The summed E-state index contributed by atoms with van der Waals surface area (Å²) in [5.74, 6) is 8.47. The van der Waals surface area contributed by atoms with Gasteiger partial charge in [0.2, 0.25) is 0 Å². The van der Waals surface area contributed by atoms with E-state index in [4.69, 9.17) is 0 Å². The first-order valence-corrected chi connectivity index (χ1v) is 8.28. The van der Waals surface area contributed by atoms with E-state index in [2.05, 4.69) is 41.5 Å². The maximum Gasteiger partial charge on any atom is -0.0269 e. The van der Waals surface area contributed by atoms with Crippen molar-refractivity contribution in [3.63, 3.8) is 0 Å². The fourth-order valence-corrected chi connectivity index (χ4v) is 7.34. The molecule has 0 nitrogen and oxygen atoms in total. The van der Waals surface area contributed by atoms with Crippen molar-refractivity contribution in [1.29, 1.82) is 0 Å². The van der Waals surface area contributed by atoms with Crippen LogP contribution in [0.25, 0.3) is 0 Å². The van der Waals surface area contributed by atoms with E-state index in [0.29, 0.717) is 10.8 Å². The molecule has 4 rings (SSSR count). The van der Waals surface area contributed by atoms with Crippen molar-refractivity contribution >= 4 is 0 Å². The summed E-state index contributed by atoms with van der Waals surface area (Å²) in [5, 5.41) is 0. The second-order valence-electron chi connectivity index (χ2n) is 9.33. The lowest BCUT2D eigenvalue weighted by Gasteiger charge is -2.55. The van der Waals surface area contributed by atoms with E-state index in [1.165, 1.54) is 0 Å². The Morgan fingerprint density at radius 2 is 1.00 bits per heavy atom. The van der Waals surface area contributed by atoms with Gasteiger partial charge in [0.1, 0.15) is 0 Å². The number of rotatable bonds is 0. The van der Waals surface area contributed by atoms with Crippen LogP contribution in [0.15, 0.2) is 0 Å². The average molecular weight is 279 g/mol. The number of hydrogen-bond donors (Lipinski definition) is 0. The molecule has 0 aromatic heterocycles. The lowest BCUT2D eigenvalue weighted by Crippen LogP contribution is -2.50. The van der Waals surface area contributed by atoms with E-state index in [-0.39, 0.29) is 14.9 Å². The largest absolute Gasteiger partial charge is 0.0776 e. The quantitative estimate of drug-likeness (QED) is 0.469. The van der Waals surface area contributed by atoms with Gasteiger partial charge in [0, 0.05) is 0 Å². The summed E-state index contributed by atoms with van der Waals surface area (Å²) in [4.78, 5) is 0. The molecule has 0 heterocycles. The molecule has 0 spiro atoms. The van der Waals surface area contributed by atoms with Gasteiger partial charge in [-0.05, 0) is 71.0 Å². The summed E-state index contributed by atoms with van der Waals surface area (Å²) in [6.07, 6.45) is 3.14. The highest BCUT2D eigenvalue weighted by molar-refractivity contribution is 5.20. The third kappa shape index (κ3) is 1.40. The van der Waals surface area contributed by atoms with E-state index < -0.39 is 0 Å². The van der Waals surface area contributed by atoms with Crippen LogP contribution in [-0.2, 0) is 0 Å². The standard InChI is InChI=1S/C18H30.2CH4/c1-9-10(2)12-7-11(9)15-13-8-14(16(12)15)18(5,6)17(13,3)4;;/h9-16H,7-8H2,1-6H3;2*1H4. The molecule has 0 heteroatoms. The SMILES string of the molecule is C.C.CC1C(C)C2CC1C1C2C2CC1C(C)(C)C2(C)C. The van der Waals surface area contributed by atoms with E-state index in [9.17, 15) is 0 Å². The molecule has 4 aliphatic carbocycles. The van der Waals surface area contributed by atoms with Crippen LogP contribution in [0, 0.1) is 58.2 Å². The van der Waals surface area contributed by atoms with Crippen LogP contribution >= 0.6 is 0 Å². The minimum absolute atomic E-state index is 0. The molecule has 0 aliphatic heterocycles. The Labute approximate surface area is 128 Å². The summed E-state index contributed by atoms with van der Waals surface area (Å²) >= 11 is 0. The monoisotopic (exact) mass is 278 g/mol. The minimum Gasteiger partial charge on any atom is -0.0776 e. The maximum atomic E-state index is 2.58. The maximum absolute atomic E-state index is 2.58. The van der Waals surface area contributed by atoms with Gasteiger partial charge in [-0.3, -0.25) is 0 Å². The van der Waals surface area contributed by atoms with Crippen LogP contribution in [0.1, 0.15) is 69.2 Å². The predicted molar refractivity (Wildman–Crippen MR) is 89.5 cm³/mol. The molecule has 0 aromatic carbocycles. The smallest absolute Gasteiger partial charge is 0.0269 e. The first-order chi connectivity index (χ1) is 8.28. The molecule has 4 aliphatic rings. The Balaban J connectivity index is 0.000000735. The van der Waals surface area contributed by atoms with E-state index in [1.54, 1.807) is 12.8 Å². The summed E-state index contributed by atoms with van der Waals surface area (Å²) < 4.78 is 0. The molecule has 20 heavy (non-hydrogen) atoms. The van der Waals surface area contributed by atoms with E-state index >= 15 is 0 Å². The van der Waals surface area contributed by atoms with Gasteiger partial charge in [-0.25, -0.2) is 0 Å². The summed E-state index contributed by atoms with van der Waals surface area (Å²) in [5.41, 5.74) is 1.15. The molecule has 0 N–H and O–H groups in total. The molecular formula is C20H38. The second-order valence-corrected chi connectivity index (χ2v) is 9.33. The van der Waals surface area contributed by atoms with Gasteiger partial charge in [0.25, 0.3) is 0 Å².